The molecule has 0 aromatic heterocycles. The summed E-state index contributed by atoms with van der Waals surface area (Å²) < 4.78 is 10.5. The first-order valence-corrected chi connectivity index (χ1v) is 8.34. The van der Waals surface area contributed by atoms with Crippen LogP contribution in [-0.2, 0) is 17.6 Å². The Morgan fingerprint density at radius 3 is 2.35 bits per heavy atom. The number of carboxylic acid groups (broad SMARTS) is 1. The number of carbonyl (C=O) groups excluding carboxylic acids is 1. The minimum atomic E-state index is -1.00. The summed E-state index contributed by atoms with van der Waals surface area (Å²) in [6, 6.07) is 12.4. The predicted octanol–water partition coefficient (Wildman–Crippen LogP) is 2.69. The summed E-state index contributed by atoms with van der Waals surface area (Å²) in [5, 5.41) is 11.9. The van der Waals surface area contributed by atoms with Crippen LogP contribution in [0.1, 0.15) is 27.9 Å². The number of aryl methyl sites for hydroxylation is 1. The number of nitrogens with one attached hydrogen (secondary N) is 1. The molecule has 0 aliphatic carbocycles. The molecular weight excluding hydrogens is 334 g/mol. The topological polar surface area (TPSA) is 84.9 Å². The molecule has 26 heavy (non-hydrogen) atoms. The molecule has 0 aliphatic heterocycles. The number of amides is 1. The lowest BCUT2D eigenvalue weighted by molar-refractivity contribution is -0.121. The molecule has 0 atom stereocenters. The third-order valence-corrected chi connectivity index (χ3v) is 4.06. The zero-order valence-electron chi connectivity index (χ0n) is 15.0. The second kappa shape index (κ2) is 9.46. The van der Waals surface area contributed by atoms with Gasteiger partial charge in [0, 0.05) is 13.0 Å². The highest BCUT2D eigenvalue weighted by Crippen LogP contribution is 2.21. The predicted molar refractivity (Wildman–Crippen MR) is 98.0 cm³/mol. The Kier molecular flexibility index (Phi) is 7.02. The Bertz CT molecular complexity index is 773. The van der Waals surface area contributed by atoms with E-state index in [9.17, 15) is 9.59 Å². The van der Waals surface area contributed by atoms with E-state index in [0.29, 0.717) is 31.6 Å². The van der Waals surface area contributed by atoms with Gasteiger partial charge in [0.05, 0.1) is 19.8 Å². The minimum absolute atomic E-state index is 0.0444. The zero-order chi connectivity index (χ0) is 18.9. The molecule has 0 saturated carbocycles. The standard InChI is InChI=1S/C20H23NO5/c1-25-17-6-4-3-5-14(17)9-10-19(22)21-12-11-15-7-8-16(20(23)24)13-18(15)26-2/h3-8,13H,9-12H2,1-2H3,(H,21,22)(H,23,24). The van der Waals surface area contributed by atoms with Crippen LogP contribution in [0, 0.1) is 0 Å². The fraction of sp³-hybridized carbons (Fsp3) is 0.300. The van der Waals surface area contributed by atoms with Gasteiger partial charge < -0.3 is 19.9 Å². The molecule has 0 unspecified atom stereocenters. The summed E-state index contributed by atoms with van der Waals surface area (Å²) in [4.78, 5) is 23.0. The fourth-order valence-electron chi connectivity index (χ4n) is 2.67. The van der Waals surface area contributed by atoms with Crippen LogP contribution in [0.25, 0.3) is 0 Å². The van der Waals surface area contributed by atoms with E-state index in [0.717, 1.165) is 16.9 Å². The summed E-state index contributed by atoms with van der Waals surface area (Å²) in [5.74, 6) is 0.244. The highest BCUT2D eigenvalue weighted by molar-refractivity contribution is 5.88. The normalized spacial score (nSPS) is 10.2. The monoisotopic (exact) mass is 357 g/mol. The van der Waals surface area contributed by atoms with Crippen molar-refractivity contribution < 1.29 is 24.2 Å². The van der Waals surface area contributed by atoms with Crippen LogP contribution in [0.2, 0.25) is 0 Å². The van der Waals surface area contributed by atoms with Gasteiger partial charge in [0.25, 0.3) is 0 Å². The number of aromatic carboxylic acids is 1. The lowest BCUT2D eigenvalue weighted by Gasteiger charge is -2.11. The maximum atomic E-state index is 12.0. The van der Waals surface area contributed by atoms with Crippen molar-refractivity contribution in [1.82, 2.24) is 5.32 Å². The molecule has 6 heteroatoms. The maximum Gasteiger partial charge on any atom is 0.335 e. The van der Waals surface area contributed by atoms with Gasteiger partial charge in [-0.25, -0.2) is 4.79 Å². The quantitative estimate of drug-likeness (QED) is 0.721. The largest absolute Gasteiger partial charge is 0.496 e. The molecule has 1 amide bonds. The van der Waals surface area contributed by atoms with Gasteiger partial charge in [-0.15, -0.1) is 0 Å². The molecule has 2 aromatic rings. The van der Waals surface area contributed by atoms with Crippen molar-refractivity contribution in [2.45, 2.75) is 19.3 Å². The maximum absolute atomic E-state index is 12.0. The summed E-state index contributed by atoms with van der Waals surface area (Å²) in [7, 11) is 3.11. The molecule has 6 nitrogen and oxygen atoms in total. The smallest absolute Gasteiger partial charge is 0.335 e. The first-order chi connectivity index (χ1) is 12.5. The third kappa shape index (κ3) is 5.24. The van der Waals surface area contributed by atoms with Crippen molar-refractivity contribution in [2.75, 3.05) is 20.8 Å². The first-order valence-electron chi connectivity index (χ1n) is 8.34. The SMILES string of the molecule is COc1cc(C(=O)O)ccc1CCNC(=O)CCc1ccccc1OC. The van der Waals surface area contributed by atoms with E-state index >= 15 is 0 Å². The van der Waals surface area contributed by atoms with Gasteiger partial charge in [-0.05, 0) is 42.2 Å². The van der Waals surface area contributed by atoms with E-state index in [-0.39, 0.29) is 11.5 Å². The summed E-state index contributed by atoms with van der Waals surface area (Å²) in [6.45, 7) is 0.452. The Morgan fingerprint density at radius 2 is 1.65 bits per heavy atom. The minimum Gasteiger partial charge on any atom is -0.496 e. The van der Waals surface area contributed by atoms with Crippen LogP contribution >= 0.6 is 0 Å². The number of hydrogen-bond acceptors (Lipinski definition) is 4. The van der Waals surface area contributed by atoms with Crippen molar-refractivity contribution >= 4 is 11.9 Å². The fourth-order valence-corrected chi connectivity index (χ4v) is 2.67. The van der Waals surface area contributed by atoms with Gasteiger partial charge >= 0.3 is 5.97 Å². The second-order valence-corrected chi connectivity index (χ2v) is 5.74. The Hall–Kier alpha value is -3.02. The molecule has 2 aromatic carbocycles. The number of rotatable bonds is 9. The first kappa shape index (κ1) is 19.3. The molecule has 0 aliphatic rings. The summed E-state index contributed by atoms with van der Waals surface area (Å²) >= 11 is 0. The van der Waals surface area contributed by atoms with Crippen LogP contribution in [0.3, 0.4) is 0 Å². The van der Waals surface area contributed by atoms with E-state index in [2.05, 4.69) is 5.32 Å². The van der Waals surface area contributed by atoms with Crippen LogP contribution in [0.5, 0.6) is 11.5 Å². The highest BCUT2D eigenvalue weighted by Gasteiger charge is 2.10. The van der Waals surface area contributed by atoms with Crippen LogP contribution in [0.15, 0.2) is 42.5 Å². The number of benzene rings is 2. The Labute approximate surface area is 152 Å². The van der Waals surface area contributed by atoms with Crippen molar-refractivity contribution in [3.05, 3.63) is 59.2 Å². The molecule has 0 saturated heterocycles. The lowest BCUT2D eigenvalue weighted by atomic mass is 10.1. The summed E-state index contributed by atoms with van der Waals surface area (Å²) in [6.07, 6.45) is 1.53. The molecule has 0 bridgehead atoms. The molecule has 0 heterocycles. The van der Waals surface area contributed by atoms with Crippen LogP contribution < -0.4 is 14.8 Å². The van der Waals surface area contributed by atoms with Gasteiger partial charge in [-0.3, -0.25) is 4.79 Å². The van der Waals surface area contributed by atoms with Crippen molar-refractivity contribution in [2.24, 2.45) is 0 Å². The van der Waals surface area contributed by atoms with Crippen molar-refractivity contribution in [3.8, 4) is 11.5 Å². The van der Waals surface area contributed by atoms with Crippen LogP contribution in [0.4, 0.5) is 0 Å². The molecule has 138 valence electrons. The second-order valence-electron chi connectivity index (χ2n) is 5.74. The van der Waals surface area contributed by atoms with E-state index < -0.39 is 5.97 Å². The number of para-hydroxylation sites is 1. The molecule has 0 radical (unpaired) electrons. The van der Waals surface area contributed by atoms with E-state index in [4.69, 9.17) is 14.6 Å². The van der Waals surface area contributed by atoms with Crippen molar-refractivity contribution in [1.29, 1.82) is 0 Å². The van der Waals surface area contributed by atoms with Gasteiger partial charge in [0.2, 0.25) is 5.91 Å². The van der Waals surface area contributed by atoms with E-state index in [1.807, 2.05) is 24.3 Å². The molecule has 0 fully saturated rings. The Balaban J connectivity index is 1.84. The number of carboxylic acids is 1. The molecular formula is C20H23NO5. The third-order valence-electron chi connectivity index (χ3n) is 4.06. The number of hydrogen-bond donors (Lipinski definition) is 2. The Morgan fingerprint density at radius 1 is 0.962 bits per heavy atom. The summed E-state index contributed by atoms with van der Waals surface area (Å²) in [5.41, 5.74) is 2.02. The number of methoxy groups -OCH3 is 2. The van der Waals surface area contributed by atoms with Gasteiger partial charge in [-0.2, -0.15) is 0 Å². The highest BCUT2D eigenvalue weighted by atomic mass is 16.5. The average Bonchev–Trinajstić information content (AvgIpc) is 2.66. The van der Waals surface area contributed by atoms with Crippen molar-refractivity contribution in [3.63, 3.8) is 0 Å². The number of carbonyl (C=O) groups is 2. The molecule has 2 rings (SSSR count). The van der Waals surface area contributed by atoms with Crippen LogP contribution in [-0.4, -0.2) is 37.7 Å². The van der Waals surface area contributed by atoms with E-state index in [1.54, 1.807) is 13.2 Å². The van der Waals surface area contributed by atoms with Gasteiger partial charge in [0.15, 0.2) is 0 Å². The molecule has 2 N–H and O–H groups in total. The molecule has 0 spiro atoms. The average molecular weight is 357 g/mol. The van der Waals surface area contributed by atoms with Gasteiger partial charge in [0.1, 0.15) is 11.5 Å². The van der Waals surface area contributed by atoms with Gasteiger partial charge in [-0.1, -0.05) is 24.3 Å². The zero-order valence-corrected chi connectivity index (χ0v) is 15.0. The lowest BCUT2D eigenvalue weighted by Crippen LogP contribution is -2.26. The number of ether oxygens (including phenoxy) is 2. The van der Waals surface area contributed by atoms with E-state index in [1.165, 1.54) is 19.2 Å².